The Morgan fingerprint density at radius 2 is 1.30 bits per heavy atom. The average Bonchev–Trinajstić information content (AvgIpc) is 3.53. The summed E-state index contributed by atoms with van der Waals surface area (Å²) in [6.45, 7) is 0. The number of fused-ring (bicyclic) bond motifs is 5. The summed E-state index contributed by atoms with van der Waals surface area (Å²) in [6.07, 6.45) is 1.76. The number of carbonyl (C=O) groups excluding carboxylic acids is 5. The number of allylic oxidation sites excluding steroid dienone is 2. The van der Waals surface area contributed by atoms with E-state index in [4.69, 9.17) is 23.2 Å². The highest BCUT2D eigenvalue weighted by Gasteiger charge is 2.76. The summed E-state index contributed by atoms with van der Waals surface area (Å²) in [7, 11) is 0. The van der Waals surface area contributed by atoms with E-state index < -0.39 is 62.9 Å². The fourth-order valence-corrected chi connectivity index (χ4v) is 10.0. The topological polar surface area (TPSA) is 112 Å². The summed E-state index contributed by atoms with van der Waals surface area (Å²) in [5.41, 5.74) is 2.36. The van der Waals surface area contributed by atoms with Crippen LogP contribution in [0.15, 0.2) is 127 Å². The Labute approximate surface area is 318 Å². The average molecular weight is 760 g/mol. The van der Waals surface area contributed by atoms with Crippen LogP contribution in [0.5, 0.6) is 5.75 Å². The number of alkyl halides is 2. The highest BCUT2D eigenvalue weighted by molar-refractivity contribution is 6.58. The summed E-state index contributed by atoms with van der Waals surface area (Å²) in [6, 6.07) is 30.0. The Morgan fingerprint density at radius 3 is 2.00 bits per heavy atom. The lowest BCUT2D eigenvalue weighted by Crippen LogP contribution is -2.60. The van der Waals surface area contributed by atoms with Gasteiger partial charge >= 0.3 is 0 Å². The molecule has 0 spiro atoms. The number of ketones is 1. The molecule has 0 unspecified atom stereocenters. The third kappa shape index (κ3) is 4.64. The van der Waals surface area contributed by atoms with Crippen LogP contribution in [0.4, 0.5) is 15.8 Å². The maximum absolute atomic E-state index is 14.7. The van der Waals surface area contributed by atoms with Crippen LogP contribution < -0.4 is 9.80 Å². The van der Waals surface area contributed by atoms with Crippen LogP contribution in [0, 0.1) is 23.6 Å². The third-order valence-corrected chi connectivity index (χ3v) is 13.0. The molecule has 11 heteroatoms. The number of hydrogen-bond acceptors (Lipinski definition) is 6. The lowest BCUT2D eigenvalue weighted by atomic mass is 9.56. The van der Waals surface area contributed by atoms with E-state index in [1.54, 1.807) is 78.9 Å². The number of rotatable bonds is 5. The van der Waals surface area contributed by atoms with Gasteiger partial charge in [0.15, 0.2) is 15.5 Å². The number of phenolic OH excluding ortho intramolecular Hbond substituents is 1. The van der Waals surface area contributed by atoms with Gasteiger partial charge in [-0.3, -0.25) is 28.9 Å². The van der Waals surface area contributed by atoms with E-state index in [-0.39, 0.29) is 30.1 Å². The van der Waals surface area contributed by atoms with E-state index in [0.717, 1.165) is 21.9 Å². The van der Waals surface area contributed by atoms with Crippen LogP contribution in [0.1, 0.15) is 40.2 Å². The van der Waals surface area contributed by atoms with Gasteiger partial charge in [-0.1, -0.05) is 72.3 Å². The highest BCUT2D eigenvalue weighted by Crippen LogP contribution is 2.66. The van der Waals surface area contributed by atoms with Crippen LogP contribution in [0.3, 0.4) is 0 Å². The van der Waals surface area contributed by atoms with Gasteiger partial charge in [-0.15, -0.1) is 23.2 Å². The van der Waals surface area contributed by atoms with Gasteiger partial charge in [-0.2, -0.15) is 0 Å². The van der Waals surface area contributed by atoms with Crippen molar-refractivity contribution in [1.82, 2.24) is 0 Å². The van der Waals surface area contributed by atoms with Crippen LogP contribution in [-0.4, -0.2) is 44.3 Å². The number of phenols is 1. The molecule has 1 N–H and O–H groups in total. The number of nitrogens with zero attached hydrogens (tertiary/aromatic N) is 2. The number of imide groups is 2. The van der Waals surface area contributed by atoms with Crippen LogP contribution in [-0.2, 0) is 19.2 Å². The van der Waals surface area contributed by atoms with Crippen LogP contribution >= 0.6 is 23.2 Å². The predicted octanol–water partition coefficient (Wildman–Crippen LogP) is 7.68. The molecular weight excluding hydrogens is 730 g/mol. The molecule has 54 heavy (non-hydrogen) atoms. The first kappa shape index (κ1) is 34.1. The number of carbonyl (C=O) groups is 5. The number of aromatic hydroxyl groups is 1. The second-order valence-corrected chi connectivity index (χ2v) is 15.5. The molecule has 3 fully saturated rings. The molecule has 0 aromatic heterocycles. The van der Waals surface area contributed by atoms with Gasteiger partial charge in [0.05, 0.1) is 23.2 Å². The molecule has 9 rings (SSSR count). The Morgan fingerprint density at radius 1 is 0.685 bits per heavy atom. The van der Waals surface area contributed by atoms with E-state index in [2.05, 4.69) is 0 Å². The Kier molecular flexibility index (Phi) is 7.71. The van der Waals surface area contributed by atoms with Gasteiger partial charge in [0.25, 0.3) is 11.8 Å². The Bertz CT molecular complexity index is 2490. The van der Waals surface area contributed by atoms with E-state index in [1.165, 1.54) is 18.2 Å². The first-order valence-corrected chi connectivity index (χ1v) is 18.2. The quantitative estimate of drug-likeness (QED) is 0.0852. The molecular formula is C43H29Cl2FN2O6. The second kappa shape index (κ2) is 12.2. The standard InChI is InChI=1S/C43H29Cl2FN2O6/c44-42-22-33-31(18-19-32-35(33)39(52)47(38(32)51)26-14-10-24(11-15-26)37(50)23-6-2-1-3-7-23)36(30-20-21-34(49)29-9-5-4-8-28(29)30)43(42,45)41(54)48(40(42)53)27-16-12-25(46)13-17-27/h1-18,20-21,32-33,35-36,49H,19,22H2/t32-,33+,35-,36-,42+,43-/m0/s1. The van der Waals surface area contributed by atoms with Crippen molar-refractivity contribution in [2.75, 3.05) is 9.80 Å². The Balaban J connectivity index is 1.16. The maximum Gasteiger partial charge on any atom is 0.258 e. The fraction of sp³-hybridized carbons (Fsp3) is 0.186. The molecule has 5 aromatic rings. The van der Waals surface area contributed by atoms with Crippen molar-refractivity contribution in [2.45, 2.75) is 28.5 Å². The number of amides is 4. The first-order chi connectivity index (χ1) is 26.0. The van der Waals surface area contributed by atoms with Gasteiger partial charge in [0.2, 0.25) is 11.8 Å². The molecule has 1 saturated carbocycles. The predicted molar refractivity (Wildman–Crippen MR) is 201 cm³/mol. The number of hydrogen-bond donors (Lipinski definition) is 1. The normalized spacial score (nSPS) is 27.5. The smallest absolute Gasteiger partial charge is 0.258 e. The molecule has 6 atom stereocenters. The molecule has 4 amide bonds. The van der Waals surface area contributed by atoms with Crippen molar-refractivity contribution in [3.63, 3.8) is 0 Å². The zero-order valence-electron chi connectivity index (χ0n) is 28.3. The number of benzene rings is 5. The van der Waals surface area contributed by atoms with Gasteiger partial charge < -0.3 is 5.11 Å². The third-order valence-electron chi connectivity index (χ3n) is 11.6. The molecule has 0 bridgehead atoms. The summed E-state index contributed by atoms with van der Waals surface area (Å²) in [5, 5.41) is 11.9. The van der Waals surface area contributed by atoms with Crippen molar-refractivity contribution in [3.05, 3.63) is 149 Å². The van der Waals surface area contributed by atoms with E-state index in [9.17, 15) is 33.5 Å². The van der Waals surface area contributed by atoms with Gasteiger partial charge in [0.1, 0.15) is 11.6 Å². The van der Waals surface area contributed by atoms with Crippen molar-refractivity contribution < 1.29 is 33.5 Å². The molecule has 2 saturated heterocycles. The maximum atomic E-state index is 14.7. The summed E-state index contributed by atoms with van der Waals surface area (Å²) in [5.74, 6) is -6.96. The zero-order chi connectivity index (χ0) is 37.7. The summed E-state index contributed by atoms with van der Waals surface area (Å²) in [4.78, 5) is 68.9. The first-order valence-electron chi connectivity index (χ1n) is 17.5. The summed E-state index contributed by atoms with van der Waals surface area (Å²) >= 11 is 15.1. The minimum atomic E-state index is -2.12. The molecule has 8 nitrogen and oxygen atoms in total. The molecule has 2 heterocycles. The minimum Gasteiger partial charge on any atom is -0.507 e. The minimum absolute atomic E-state index is 0.00869. The summed E-state index contributed by atoms with van der Waals surface area (Å²) < 4.78 is 14.0. The van der Waals surface area contributed by atoms with Gasteiger partial charge in [-0.05, 0) is 84.3 Å². The van der Waals surface area contributed by atoms with Crippen molar-refractivity contribution >= 4 is 74.8 Å². The van der Waals surface area contributed by atoms with E-state index in [1.807, 2.05) is 12.1 Å². The van der Waals surface area contributed by atoms with Crippen molar-refractivity contribution in [1.29, 1.82) is 0 Å². The van der Waals surface area contributed by atoms with Crippen molar-refractivity contribution in [2.24, 2.45) is 17.8 Å². The van der Waals surface area contributed by atoms with E-state index >= 15 is 0 Å². The SMILES string of the molecule is O=C(c1ccccc1)c1ccc(N2C(=O)[C@H]3[C@H](CC=C4[C@H]3C[C@@]3(Cl)C(=O)N(c5ccc(F)cc5)C(=O)[C@@]3(Cl)[C@H]4c3ccc(O)c4ccccc34)C2=O)cc1. The van der Waals surface area contributed by atoms with Gasteiger partial charge in [0, 0.05) is 22.4 Å². The number of halogens is 3. The monoisotopic (exact) mass is 758 g/mol. The second-order valence-electron chi connectivity index (χ2n) is 14.2. The molecule has 5 aromatic carbocycles. The van der Waals surface area contributed by atoms with Crippen molar-refractivity contribution in [3.8, 4) is 5.75 Å². The van der Waals surface area contributed by atoms with Crippen LogP contribution in [0.2, 0.25) is 0 Å². The highest BCUT2D eigenvalue weighted by atomic mass is 35.5. The molecule has 268 valence electrons. The fourth-order valence-electron chi connectivity index (χ4n) is 9.07. The molecule has 4 aliphatic rings. The molecule has 2 aliphatic carbocycles. The largest absolute Gasteiger partial charge is 0.507 e. The lowest BCUT2D eigenvalue weighted by molar-refractivity contribution is -0.125. The Hall–Kier alpha value is -5.64. The van der Waals surface area contributed by atoms with Crippen LogP contribution in [0.25, 0.3) is 10.8 Å². The lowest BCUT2D eigenvalue weighted by Gasteiger charge is -2.51. The number of anilines is 2. The molecule has 2 aliphatic heterocycles. The zero-order valence-corrected chi connectivity index (χ0v) is 29.8. The molecule has 0 radical (unpaired) electrons. The van der Waals surface area contributed by atoms with Gasteiger partial charge in [-0.25, -0.2) is 9.29 Å². The van der Waals surface area contributed by atoms with E-state index in [0.29, 0.717) is 38.7 Å².